The third-order valence-electron chi connectivity index (χ3n) is 2.09. The molecule has 0 radical (unpaired) electrons. The maximum absolute atomic E-state index is 11.4. The quantitative estimate of drug-likeness (QED) is 0.554. The SMILES string of the molecule is O=C(Cc1cccc(O)c1)N[C@@H](CO)C(=O)O. The molecular weight excluding hydrogens is 226 g/mol. The van der Waals surface area contributed by atoms with E-state index in [9.17, 15) is 14.7 Å². The number of carboxylic acids is 1. The summed E-state index contributed by atoms with van der Waals surface area (Å²) in [5, 5.41) is 28.7. The van der Waals surface area contributed by atoms with Crippen molar-refractivity contribution in [2.24, 2.45) is 0 Å². The molecule has 1 aromatic carbocycles. The van der Waals surface area contributed by atoms with Gasteiger partial charge in [-0.25, -0.2) is 4.79 Å². The van der Waals surface area contributed by atoms with Crippen LogP contribution in [0.3, 0.4) is 0 Å². The van der Waals surface area contributed by atoms with Gasteiger partial charge in [0.25, 0.3) is 0 Å². The number of aromatic hydroxyl groups is 1. The minimum absolute atomic E-state index is 0.0345. The Morgan fingerprint density at radius 1 is 1.35 bits per heavy atom. The van der Waals surface area contributed by atoms with Crippen molar-refractivity contribution in [3.8, 4) is 5.75 Å². The highest BCUT2D eigenvalue weighted by atomic mass is 16.4. The van der Waals surface area contributed by atoms with Gasteiger partial charge in [-0.1, -0.05) is 12.1 Å². The Hall–Kier alpha value is -2.08. The van der Waals surface area contributed by atoms with Crippen LogP contribution in [0.5, 0.6) is 5.75 Å². The van der Waals surface area contributed by atoms with Crippen molar-refractivity contribution >= 4 is 11.9 Å². The second-order valence-corrected chi connectivity index (χ2v) is 3.49. The molecule has 0 saturated carbocycles. The number of aliphatic carboxylic acids is 1. The second-order valence-electron chi connectivity index (χ2n) is 3.49. The lowest BCUT2D eigenvalue weighted by molar-refractivity contribution is -0.142. The Labute approximate surface area is 97.5 Å². The van der Waals surface area contributed by atoms with E-state index in [0.29, 0.717) is 5.56 Å². The van der Waals surface area contributed by atoms with E-state index in [1.807, 2.05) is 0 Å². The molecule has 0 aliphatic carbocycles. The van der Waals surface area contributed by atoms with Gasteiger partial charge in [-0.3, -0.25) is 4.79 Å². The Morgan fingerprint density at radius 2 is 2.06 bits per heavy atom. The Balaban J connectivity index is 2.58. The molecule has 6 nitrogen and oxygen atoms in total. The third kappa shape index (κ3) is 4.12. The van der Waals surface area contributed by atoms with Crippen LogP contribution >= 0.6 is 0 Å². The first-order chi connectivity index (χ1) is 8.02. The minimum atomic E-state index is -1.31. The zero-order valence-corrected chi connectivity index (χ0v) is 8.96. The zero-order valence-electron chi connectivity index (χ0n) is 8.96. The van der Waals surface area contributed by atoms with Gasteiger partial charge in [-0.05, 0) is 17.7 Å². The lowest BCUT2D eigenvalue weighted by Crippen LogP contribution is -2.43. The van der Waals surface area contributed by atoms with Crippen LogP contribution in [0, 0.1) is 0 Å². The predicted octanol–water partition coefficient (Wildman–Crippen LogP) is -0.504. The molecule has 6 heteroatoms. The fourth-order valence-corrected chi connectivity index (χ4v) is 1.28. The van der Waals surface area contributed by atoms with E-state index < -0.39 is 24.5 Å². The average molecular weight is 239 g/mol. The molecule has 0 unspecified atom stereocenters. The molecule has 0 aliphatic heterocycles. The number of nitrogens with one attached hydrogen (secondary N) is 1. The molecule has 0 aromatic heterocycles. The van der Waals surface area contributed by atoms with Gasteiger partial charge in [0.2, 0.25) is 5.91 Å². The van der Waals surface area contributed by atoms with Gasteiger partial charge in [0.15, 0.2) is 0 Å². The van der Waals surface area contributed by atoms with Crippen molar-refractivity contribution in [2.45, 2.75) is 12.5 Å². The number of carboxylic acid groups (broad SMARTS) is 1. The predicted molar refractivity (Wildman–Crippen MR) is 58.5 cm³/mol. The summed E-state index contributed by atoms with van der Waals surface area (Å²) >= 11 is 0. The summed E-state index contributed by atoms with van der Waals surface area (Å²) in [5.41, 5.74) is 0.560. The molecule has 4 N–H and O–H groups in total. The van der Waals surface area contributed by atoms with Gasteiger partial charge in [-0.15, -0.1) is 0 Å². The van der Waals surface area contributed by atoms with Crippen molar-refractivity contribution in [3.05, 3.63) is 29.8 Å². The normalized spacial score (nSPS) is 11.8. The van der Waals surface area contributed by atoms with E-state index in [1.54, 1.807) is 12.1 Å². The van der Waals surface area contributed by atoms with E-state index in [2.05, 4.69) is 5.32 Å². The van der Waals surface area contributed by atoms with Crippen molar-refractivity contribution < 1.29 is 24.9 Å². The maximum atomic E-state index is 11.4. The molecule has 1 aromatic rings. The Bertz CT molecular complexity index is 418. The number of carbonyl (C=O) groups is 2. The van der Waals surface area contributed by atoms with Crippen LogP contribution in [0.1, 0.15) is 5.56 Å². The van der Waals surface area contributed by atoms with Crippen molar-refractivity contribution in [2.75, 3.05) is 6.61 Å². The highest BCUT2D eigenvalue weighted by molar-refractivity contribution is 5.84. The van der Waals surface area contributed by atoms with Crippen LogP contribution in [-0.2, 0) is 16.0 Å². The number of hydrogen-bond acceptors (Lipinski definition) is 4. The lowest BCUT2D eigenvalue weighted by atomic mass is 10.1. The summed E-state index contributed by atoms with van der Waals surface area (Å²) in [6, 6.07) is 4.79. The summed E-state index contributed by atoms with van der Waals surface area (Å²) in [6.45, 7) is -0.666. The number of aliphatic hydroxyl groups is 1. The maximum Gasteiger partial charge on any atom is 0.328 e. The van der Waals surface area contributed by atoms with Gasteiger partial charge in [0.1, 0.15) is 11.8 Å². The average Bonchev–Trinajstić information content (AvgIpc) is 2.25. The summed E-state index contributed by atoms with van der Waals surface area (Å²) in [6.07, 6.45) is -0.0574. The number of phenolic OH excluding ortho intramolecular Hbond substituents is 1. The summed E-state index contributed by atoms with van der Waals surface area (Å²) < 4.78 is 0. The van der Waals surface area contributed by atoms with Gasteiger partial charge in [-0.2, -0.15) is 0 Å². The van der Waals surface area contributed by atoms with Crippen LogP contribution in [0.2, 0.25) is 0 Å². The number of benzene rings is 1. The van der Waals surface area contributed by atoms with Crippen LogP contribution in [0.4, 0.5) is 0 Å². The summed E-state index contributed by atoms with van der Waals surface area (Å²) in [7, 11) is 0. The van der Waals surface area contributed by atoms with Gasteiger partial charge in [0.05, 0.1) is 13.0 Å². The van der Waals surface area contributed by atoms with Gasteiger partial charge >= 0.3 is 5.97 Å². The van der Waals surface area contributed by atoms with E-state index in [0.717, 1.165) is 0 Å². The number of phenols is 1. The number of hydrogen-bond donors (Lipinski definition) is 4. The molecule has 0 fully saturated rings. The zero-order chi connectivity index (χ0) is 12.8. The molecule has 0 saturated heterocycles. The summed E-state index contributed by atoms with van der Waals surface area (Å²) in [5.74, 6) is -1.79. The molecule has 92 valence electrons. The van der Waals surface area contributed by atoms with Crippen LogP contribution in [-0.4, -0.2) is 39.8 Å². The topological polar surface area (TPSA) is 107 Å². The molecule has 0 bridgehead atoms. The highest BCUT2D eigenvalue weighted by Crippen LogP contribution is 2.11. The molecule has 1 amide bonds. The standard InChI is InChI=1S/C11H13NO5/c13-6-9(11(16)17)12-10(15)5-7-2-1-3-8(14)4-7/h1-4,9,13-14H,5-6H2,(H,12,15)(H,16,17)/t9-/m0/s1. The van der Waals surface area contributed by atoms with Gasteiger partial charge < -0.3 is 20.6 Å². The number of amides is 1. The lowest BCUT2D eigenvalue weighted by Gasteiger charge is -2.11. The fourth-order valence-electron chi connectivity index (χ4n) is 1.28. The minimum Gasteiger partial charge on any atom is -0.508 e. The van der Waals surface area contributed by atoms with Crippen molar-refractivity contribution in [1.29, 1.82) is 0 Å². The number of carbonyl (C=O) groups excluding carboxylic acids is 1. The fraction of sp³-hybridized carbons (Fsp3) is 0.273. The largest absolute Gasteiger partial charge is 0.508 e. The Kier molecular flexibility index (Phi) is 4.47. The molecular formula is C11H13NO5. The summed E-state index contributed by atoms with van der Waals surface area (Å²) in [4.78, 5) is 22.0. The second kappa shape index (κ2) is 5.86. The third-order valence-corrected chi connectivity index (χ3v) is 2.09. The van der Waals surface area contributed by atoms with E-state index in [1.165, 1.54) is 12.1 Å². The van der Waals surface area contributed by atoms with Crippen LogP contribution in [0.25, 0.3) is 0 Å². The van der Waals surface area contributed by atoms with E-state index in [-0.39, 0.29) is 12.2 Å². The molecule has 1 atom stereocenters. The van der Waals surface area contributed by atoms with Crippen molar-refractivity contribution in [3.63, 3.8) is 0 Å². The molecule has 17 heavy (non-hydrogen) atoms. The molecule has 0 heterocycles. The Morgan fingerprint density at radius 3 is 2.59 bits per heavy atom. The van der Waals surface area contributed by atoms with Gasteiger partial charge in [0, 0.05) is 0 Å². The van der Waals surface area contributed by atoms with Crippen LogP contribution in [0.15, 0.2) is 24.3 Å². The highest BCUT2D eigenvalue weighted by Gasteiger charge is 2.18. The van der Waals surface area contributed by atoms with E-state index >= 15 is 0 Å². The first kappa shape index (κ1) is 13.0. The van der Waals surface area contributed by atoms with Crippen LogP contribution < -0.4 is 5.32 Å². The van der Waals surface area contributed by atoms with E-state index in [4.69, 9.17) is 10.2 Å². The monoisotopic (exact) mass is 239 g/mol. The molecule has 0 spiro atoms. The number of aliphatic hydroxyl groups excluding tert-OH is 1. The molecule has 0 aliphatic rings. The molecule has 1 rings (SSSR count). The first-order valence-corrected chi connectivity index (χ1v) is 4.94. The van der Waals surface area contributed by atoms with Crippen molar-refractivity contribution in [1.82, 2.24) is 5.32 Å². The first-order valence-electron chi connectivity index (χ1n) is 4.94. The number of rotatable bonds is 5. The smallest absolute Gasteiger partial charge is 0.328 e.